The van der Waals surface area contributed by atoms with Crippen molar-refractivity contribution in [2.24, 2.45) is 5.73 Å². The van der Waals surface area contributed by atoms with Gasteiger partial charge in [0.1, 0.15) is 10.1 Å². The fourth-order valence-electron chi connectivity index (χ4n) is 2.58. The summed E-state index contributed by atoms with van der Waals surface area (Å²) in [7, 11) is 0. The number of carbonyl (C=O) groups excluding carboxylic acids is 1. The zero-order chi connectivity index (χ0) is 20.3. The standard InChI is InChI=1S/C19H26N4O2S2/c1-10(11(2)20)15-16(21)17(26-18(15)22)19(24)23-9-13-5-7-14(8-6-13)12(3)27(4)25/h5-8,12H,9,20-22H2,1-4H3,(H,23,24)/b11-10-. The first-order valence-electron chi connectivity index (χ1n) is 8.43. The minimum atomic E-state index is -0.921. The summed E-state index contributed by atoms with van der Waals surface area (Å²) in [6.07, 6.45) is 1.69. The van der Waals surface area contributed by atoms with Crippen LogP contribution in [0.25, 0.3) is 5.57 Å². The van der Waals surface area contributed by atoms with Crippen LogP contribution in [0.5, 0.6) is 0 Å². The van der Waals surface area contributed by atoms with Gasteiger partial charge in [-0.05, 0) is 43.1 Å². The number of hydrogen-bond acceptors (Lipinski definition) is 6. The Labute approximate surface area is 167 Å². The number of rotatable bonds is 6. The number of hydrogen-bond donors (Lipinski definition) is 4. The Hall–Kier alpha value is -2.16. The summed E-state index contributed by atoms with van der Waals surface area (Å²) in [5.74, 6) is -0.273. The Morgan fingerprint density at radius 2 is 1.85 bits per heavy atom. The highest BCUT2D eigenvalue weighted by molar-refractivity contribution is 7.90. The molecule has 0 aliphatic rings. The van der Waals surface area contributed by atoms with Crippen molar-refractivity contribution in [3.8, 4) is 0 Å². The van der Waals surface area contributed by atoms with Gasteiger partial charge in [0.25, 0.3) is 5.91 Å². The van der Waals surface area contributed by atoms with E-state index >= 15 is 0 Å². The molecule has 7 N–H and O–H groups in total. The number of allylic oxidation sites excluding steroid dienone is 2. The maximum atomic E-state index is 12.5. The van der Waals surface area contributed by atoms with Gasteiger partial charge in [-0.3, -0.25) is 4.79 Å². The van der Waals surface area contributed by atoms with Crippen molar-refractivity contribution in [1.82, 2.24) is 5.32 Å². The second kappa shape index (κ2) is 8.69. The van der Waals surface area contributed by atoms with Crippen LogP contribution in [0.3, 0.4) is 0 Å². The first-order valence-corrected chi connectivity index (χ1v) is 10.9. The highest BCUT2D eigenvalue weighted by Crippen LogP contribution is 2.38. The zero-order valence-electron chi connectivity index (χ0n) is 16.0. The van der Waals surface area contributed by atoms with Crippen molar-refractivity contribution in [2.75, 3.05) is 17.7 Å². The van der Waals surface area contributed by atoms with E-state index in [1.807, 2.05) is 38.1 Å². The molecule has 2 aromatic rings. The van der Waals surface area contributed by atoms with E-state index in [1.54, 1.807) is 13.2 Å². The molecule has 1 heterocycles. The predicted octanol–water partition coefficient (Wildman–Crippen LogP) is 2.99. The Bertz CT molecular complexity index is 853. The van der Waals surface area contributed by atoms with Crippen LogP contribution in [0, 0.1) is 0 Å². The van der Waals surface area contributed by atoms with Gasteiger partial charge in [0.15, 0.2) is 0 Å². The first kappa shape index (κ1) is 21.1. The van der Waals surface area contributed by atoms with Gasteiger partial charge in [0, 0.05) is 23.4 Å². The molecule has 2 atom stereocenters. The average Bonchev–Trinajstić information content (AvgIpc) is 2.93. The molecule has 1 aromatic heterocycles. The fourth-order valence-corrected chi connectivity index (χ4v) is 4.08. The molecule has 2 unspecified atom stereocenters. The predicted molar refractivity (Wildman–Crippen MR) is 116 cm³/mol. The Morgan fingerprint density at radius 1 is 1.26 bits per heavy atom. The molecule has 1 aromatic carbocycles. The molecule has 8 heteroatoms. The first-order chi connectivity index (χ1) is 12.6. The molecule has 0 aliphatic carbocycles. The van der Waals surface area contributed by atoms with E-state index in [9.17, 15) is 9.35 Å². The Morgan fingerprint density at radius 3 is 2.37 bits per heavy atom. The number of nitrogens with one attached hydrogen (secondary N) is 1. The Balaban J connectivity index is 2.11. The van der Waals surface area contributed by atoms with E-state index in [-0.39, 0.29) is 11.2 Å². The Kier molecular flexibility index (Phi) is 6.80. The number of anilines is 2. The molecule has 0 aliphatic heterocycles. The van der Waals surface area contributed by atoms with Crippen molar-refractivity contribution < 1.29 is 9.35 Å². The monoisotopic (exact) mass is 406 g/mol. The van der Waals surface area contributed by atoms with E-state index in [2.05, 4.69) is 5.32 Å². The summed E-state index contributed by atoms with van der Waals surface area (Å²) in [4.78, 5) is 12.9. The van der Waals surface area contributed by atoms with Gasteiger partial charge in [-0.15, -0.1) is 11.3 Å². The molecular formula is C19H26N4O2S2. The number of nitrogen functional groups attached to an aromatic ring is 2. The normalized spacial score (nSPS) is 14.4. The van der Waals surface area contributed by atoms with E-state index in [1.165, 1.54) is 0 Å². The molecule has 2 rings (SSSR count). The molecule has 0 saturated carbocycles. The molecule has 1 amide bonds. The SMILES string of the molecule is C/C(N)=C(\C)c1c(N)sc(C(=O)NCc2ccc(C(C)[S+](C)[O-])cc2)c1N. The lowest BCUT2D eigenvalue weighted by Crippen LogP contribution is -2.22. The van der Waals surface area contributed by atoms with Gasteiger partial charge >= 0.3 is 0 Å². The second-order valence-corrected chi connectivity index (χ2v) is 9.21. The van der Waals surface area contributed by atoms with Crippen molar-refractivity contribution in [1.29, 1.82) is 0 Å². The van der Waals surface area contributed by atoms with Gasteiger partial charge in [-0.25, -0.2) is 0 Å². The van der Waals surface area contributed by atoms with Gasteiger partial charge < -0.3 is 27.1 Å². The third-order valence-corrected chi connectivity index (χ3v) is 6.85. The molecule has 6 nitrogen and oxygen atoms in total. The maximum absolute atomic E-state index is 12.5. The number of carbonyl (C=O) groups is 1. The molecule has 0 saturated heterocycles. The van der Waals surface area contributed by atoms with Crippen LogP contribution in [0.1, 0.15) is 52.4 Å². The van der Waals surface area contributed by atoms with Gasteiger partial charge in [0.05, 0.1) is 16.9 Å². The van der Waals surface area contributed by atoms with E-state index in [0.29, 0.717) is 33.4 Å². The molecule has 0 spiro atoms. The van der Waals surface area contributed by atoms with Gasteiger partial charge in [-0.1, -0.05) is 24.3 Å². The molecule has 27 heavy (non-hydrogen) atoms. The van der Waals surface area contributed by atoms with Gasteiger partial charge in [-0.2, -0.15) is 0 Å². The third-order valence-electron chi connectivity index (χ3n) is 4.55. The zero-order valence-corrected chi connectivity index (χ0v) is 17.6. The lowest BCUT2D eigenvalue weighted by Gasteiger charge is -2.14. The van der Waals surface area contributed by atoms with E-state index < -0.39 is 11.2 Å². The highest BCUT2D eigenvalue weighted by Gasteiger charge is 2.21. The molecule has 146 valence electrons. The topological polar surface area (TPSA) is 130 Å². The van der Waals surface area contributed by atoms with Gasteiger partial charge in [0.2, 0.25) is 0 Å². The van der Waals surface area contributed by atoms with Crippen LogP contribution in [0.15, 0.2) is 30.0 Å². The van der Waals surface area contributed by atoms with E-state index in [0.717, 1.165) is 28.0 Å². The number of benzene rings is 1. The average molecular weight is 407 g/mol. The van der Waals surface area contributed by atoms with Crippen LogP contribution in [-0.2, 0) is 17.7 Å². The molecule has 0 bridgehead atoms. The third kappa shape index (κ3) is 4.77. The summed E-state index contributed by atoms with van der Waals surface area (Å²) in [5, 5.41) is 3.32. The van der Waals surface area contributed by atoms with Crippen LogP contribution >= 0.6 is 11.3 Å². The molecular weight excluding hydrogens is 380 g/mol. The second-order valence-electron chi connectivity index (χ2n) is 6.46. The number of thiophene rings is 1. The summed E-state index contributed by atoms with van der Waals surface area (Å²) in [5.41, 5.74) is 22.3. The van der Waals surface area contributed by atoms with Crippen molar-refractivity contribution >= 4 is 44.7 Å². The number of nitrogens with two attached hydrogens (primary N) is 3. The van der Waals surface area contributed by atoms with Crippen molar-refractivity contribution in [2.45, 2.75) is 32.6 Å². The maximum Gasteiger partial charge on any atom is 0.263 e. The van der Waals surface area contributed by atoms with E-state index in [4.69, 9.17) is 17.2 Å². The summed E-state index contributed by atoms with van der Waals surface area (Å²) < 4.78 is 11.6. The lowest BCUT2D eigenvalue weighted by molar-refractivity contribution is 0.0955. The molecule has 0 fully saturated rings. The van der Waals surface area contributed by atoms with Crippen LogP contribution in [-0.4, -0.2) is 16.7 Å². The minimum absolute atomic E-state index is 0.0248. The van der Waals surface area contributed by atoms with Crippen molar-refractivity contribution in [3.05, 3.63) is 51.5 Å². The van der Waals surface area contributed by atoms with Crippen LogP contribution in [0.2, 0.25) is 0 Å². The lowest BCUT2D eigenvalue weighted by atomic mass is 10.1. The minimum Gasteiger partial charge on any atom is -0.616 e. The van der Waals surface area contributed by atoms with Crippen LogP contribution < -0.4 is 22.5 Å². The number of amides is 1. The fraction of sp³-hybridized carbons (Fsp3) is 0.316. The highest BCUT2D eigenvalue weighted by atomic mass is 32.2. The van der Waals surface area contributed by atoms with Crippen LogP contribution in [0.4, 0.5) is 10.7 Å². The summed E-state index contributed by atoms with van der Waals surface area (Å²) in [6, 6.07) is 7.70. The largest absolute Gasteiger partial charge is 0.616 e. The molecule has 0 radical (unpaired) electrons. The smallest absolute Gasteiger partial charge is 0.263 e. The van der Waals surface area contributed by atoms with Crippen molar-refractivity contribution in [3.63, 3.8) is 0 Å². The quantitative estimate of drug-likeness (QED) is 0.548. The summed E-state index contributed by atoms with van der Waals surface area (Å²) >= 11 is 0.236. The summed E-state index contributed by atoms with van der Waals surface area (Å²) in [6.45, 7) is 5.88.